The van der Waals surface area contributed by atoms with Gasteiger partial charge in [-0.2, -0.15) is 0 Å². The lowest BCUT2D eigenvalue weighted by atomic mass is 10.1. The van der Waals surface area contributed by atoms with Crippen molar-refractivity contribution in [2.45, 2.75) is 12.8 Å². The zero-order valence-corrected chi connectivity index (χ0v) is 12.2. The summed E-state index contributed by atoms with van der Waals surface area (Å²) in [5, 5.41) is 3.52. The average molecular weight is 335 g/mol. The molecule has 0 saturated heterocycles. The van der Waals surface area contributed by atoms with Gasteiger partial charge < -0.3 is 15.0 Å². The number of nitrogens with one attached hydrogen (secondary N) is 2. The number of anilines is 1. The molecule has 0 spiro atoms. The Labute approximate surface area is 134 Å². The maximum atomic E-state index is 12.1. The van der Waals surface area contributed by atoms with Crippen LogP contribution < -0.4 is 10.1 Å². The number of carbonyl (C=O) groups is 1. The van der Waals surface area contributed by atoms with E-state index in [0.29, 0.717) is 0 Å². The van der Waals surface area contributed by atoms with Crippen LogP contribution >= 0.6 is 0 Å². The topological polar surface area (TPSA) is 67.0 Å². The highest BCUT2D eigenvalue weighted by atomic mass is 19.4. The van der Waals surface area contributed by atoms with Gasteiger partial charge in [-0.1, -0.05) is 6.07 Å². The maximum Gasteiger partial charge on any atom is 0.573 e. The minimum atomic E-state index is -4.77. The summed E-state index contributed by atoms with van der Waals surface area (Å²) < 4.78 is 39.9. The molecule has 0 aliphatic carbocycles. The van der Waals surface area contributed by atoms with Gasteiger partial charge >= 0.3 is 6.36 Å². The fourth-order valence-electron chi connectivity index (χ4n) is 2.23. The van der Waals surface area contributed by atoms with Crippen LogP contribution in [-0.2, 0) is 11.2 Å². The second-order valence-corrected chi connectivity index (χ2v) is 5.05. The van der Waals surface area contributed by atoms with Crippen LogP contribution in [0.1, 0.15) is 5.56 Å². The number of alkyl halides is 3. The molecule has 0 atom stereocenters. The molecule has 24 heavy (non-hydrogen) atoms. The van der Waals surface area contributed by atoms with Crippen LogP contribution in [0.25, 0.3) is 10.9 Å². The molecular weight excluding hydrogens is 323 g/mol. The molecule has 0 saturated carbocycles. The fraction of sp³-hybridized carbons (Fsp3) is 0.125. The second kappa shape index (κ2) is 6.23. The molecule has 0 unspecified atom stereocenters. The summed E-state index contributed by atoms with van der Waals surface area (Å²) in [4.78, 5) is 18.8. The Bertz CT molecular complexity index is 857. The van der Waals surface area contributed by atoms with Crippen LogP contribution in [0.5, 0.6) is 5.75 Å². The minimum absolute atomic E-state index is 0.129. The normalized spacial score (nSPS) is 11.5. The summed E-state index contributed by atoms with van der Waals surface area (Å²) >= 11 is 0. The van der Waals surface area contributed by atoms with Crippen molar-refractivity contribution in [3.63, 3.8) is 0 Å². The van der Waals surface area contributed by atoms with Crippen LogP contribution in [0, 0.1) is 0 Å². The fourth-order valence-corrected chi connectivity index (χ4v) is 2.23. The quantitative estimate of drug-likeness (QED) is 0.765. The first kappa shape index (κ1) is 15.9. The number of H-pyrrole nitrogens is 1. The molecule has 0 radical (unpaired) electrons. The molecule has 1 amide bonds. The highest BCUT2D eigenvalue weighted by Crippen LogP contribution is 2.22. The van der Waals surface area contributed by atoms with Crippen LogP contribution in [0.3, 0.4) is 0 Å². The molecule has 3 rings (SSSR count). The lowest BCUT2D eigenvalue weighted by molar-refractivity contribution is -0.274. The van der Waals surface area contributed by atoms with E-state index in [1.54, 1.807) is 0 Å². The molecule has 5 nitrogen and oxygen atoms in total. The predicted octanol–water partition coefficient (Wildman–Crippen LogP) is 3.64. The molecule has 124 valence electrons. The van der Waals surface area contributed by atoms with E-state index < -0.39 is 12.1 Å². The number of hydrogen-bond acceptors (Lipinski definition) is 3. The van der Waals surface area contributed by atoms with E-state index in [1.807, 2.05) is 30.5 Å². The number of halogens is 3. The Morgan fingerprint density at radius 3 is 2.75 bits per heavy atom. The minimum Gasteiger partial charge on any atom is -0.404 e. The van der Waals surface area contributed by atoms with E-state index in [2.05, 4.69) is 20.0 Å². The van der Waals surface area contributed by atoms with Crippen LogP contribution in [0.2, 0.25) is 0 Å². The van der Waals surface area contributed by atoms with Gasteiger partial charge in [-0.25, -0.2) is 4.98 Å². The second-order valence-electron chi connectivity index (χ2n) is 5.05. The van der Waals surface area contributed by atoms with Gasteiger partial charge in [0.15, 0.2) is 0 Å². The van der Waals surface area contributed by atoms with E-state index in [-0.39, 0.29) is 18.1 Å². The van der Waals surface area contributed by atoms with Gasteiger partial charge in [0, 0.05) is 11.7 Å². The Morgan fingerprint density at radius 1 is 1.21 bits per heavy atom. The van der Waals surface area contributed by atoms with Gasteiger partial charge in [-0.05, 0) is 41.3 Å². The Balaban J connectivity index is 1.61. The molecule has 2 heterocycles. The van der Waals surface area contributed by atoms with Gasteiger partial charge in [-0.15, -0.1) is 13.2 Å². The number of carbonyl (C=O) groups excluding carboxylic acids is 1. The zero-order valence-electron chi connectivity index (χ0n) is 12.2. The third-order valence-corrected chi connectivity index (χ3v) is 3.22. The van der Waals surface area contributed by atoms with Crippen molar-refractivity contribution < 1.29 is 22.7 Å². The largest absolute Gasteiger partial charge is 0.573 e. The van der Waals surface area contributed by atoms with E-state index in [9.17, 15) is 18.0 Å². The van der Waals surface area contributed by atoms with E-state index >= 15 is 0 Å². The van der Waals surface area contributed by atoms with Crippen molar-refractivity contribution >= 4 is 22.6 Å². The van der Waals surface area contributed by atoms with Gasteiger partial charge in [0.25, 0.3) is 0 Å². The molecule has 0 aliphatic rings. The highest BCUT2D eigenvalue weighted by Gasteiger charge is 2.31. The van der Waals surface area contributed by atoms with Gasteiger partial charge in [0.2, 0.25) is 5.91 Å². The number of hydrogen-bond donors (Lipinski definition) is 2. The Hall–Kier alpha value is -3.03. The van der Waals surface area contributed by atoms with Gasteiger partial charge in [0.05, 0.1) is 12.6 Å². The van der Waals surface area contributed by atoms with E-state index in [1.165, 1.54) is 6.07 Å². The number of fused-ring (bicyclic) bond motifs is 1. The van der Waals surface area contributed by atoms with Crippen LogP contribution in [0.15, 0.2) is 48.8 Å². The van der Waals surface area contributed by atoms with Crippen molar-refractivity contribution in [1.82, 2.24) is 9.97 Å². The molecule has 2 N–H and O–H groups in total. The third kappa shape index (κ3) is 4.03. The number of aromatic nitrogens is 2. The lowest BCUT2D eigenvalue weighted by Gasteiger charge is -2.09. The molecule has 2 aromatic heterocycles. The van der Waals surface area contributed by atoms with Gasteiger partial charge in [-0.3, -0.25) is 4.79 Å². The number of aromatic amines is 1. The number of rotatable bonds is 4. The van der Waals surface area contributed by atoms with Crippen molar-refractivity contribution in [2.24, 2.45) is 0 Å². The molecular formula is C16H12F3N3O2. The summed E-state index contributed by atoms with van der Waals surface area (Å²) in [5.74, 6) is -0.613. The first-order chi connectivity index (χ1) is 11.4. The summed E-state index contributed by atoms with van der Waals surface area (Å²) in [6.07, 6.45) is -1.94. The number of ether oxygens (including phenoxy) is 1. The van der Waals surface area contributed by atoms with Crippen molar-refractivity contribution in [2.75, 3.05) is 5.32 Å². The summed E-state index contributed by atoms with van der Waals surface area (Å²) in [7, 11) is 0. The predicted molar refractivity (Wildman–Crippen MR) is 81.6 cm³/mol. The standard InChI is InChI=1S/C16H12F3N3O2/c17-16(18,19)24-12-2-4-14(21-9-12)22-15(23)8-10-1-3-13-11(7-10)5-6-20-13/h1-7,9,20H,8H2,(H,21,22,23). The average Bonchev–Trinajstić information content (AvgIpc) is 2.95. The SMILES string of the molecule is O=C(Cc1ccc2[nH]ccc2c1)Nc1ccc(OC(F)(F)F)cn1. The van der Waals surface area contributed by atoms with Crippen LogP contribution in [0.4, 0.5) is 19.0 Å². The zero-order chi connectivity index (χ0) is 17.2. The third-order valence-electron chi connectivity index (χ3n) is 3.22. The smallest absolute Gasteiger partial charge is 0.404 e. The first-order valence-corrected chi connectivity index (χ1v) is 6.97. The van der Waals surface area contributed by atoms with Crippen molar-refractivity contribution in [3.8, 4) is 5.75 Å². The number of benzene rings is 1. The Kier molecular flexibility index (Phi) is 4.11. The monoisotopic (exact) mass is 335 g/mol. The molecule has 8 heteroatoms. The van der Waals surface area contributed by atoms with Crippen molar-refractivity contribution in [3.05, 3.63) is 54.4 Å². The molecule has 0 fully saturated rings. The first-order valence-electron chi connectivity index (χ1n) is 6.97. The maximum absolute atomic E-state index is 12.1. The summed E-state index contributed by atoms with van der Waals surface area (Å²) in [6.45, 7) is 0. The van der Waals surface area contributed by atoms with Crippen LogP contribution in [-0.4, -0.2) is 22.2 Å². The molecule has 3 aromatic rings. The van der Waals surface area contributed by atoms with Crippen molar-refractivity contribution in [1.29, 1.82) is 0 Å². The van der Waals surface area contributed by atoms with Gasteiger partial charge in [0.1, 0.15) is 11.6 Å². The summed E-state index contributed by atoms with van der Waals surface area (Å²) in [6, 6.07) is 9.82. The molecule has 0 aliphatic heterocycles. The summed E-state index contributed by atoms with van der Waals surface area (Å²) in [5.41, 5.74) is 1.79. The number of nitrogens with zero attached hydrogens (tertiary/aromatic N) is 1. The lowest BCUT2D eigenvalue weighted by Crippen LogP contribution is -2.18. The highest BCUT2D eigenvalue weighted by molar-refractivity contribution is 5.92. The molecule has 0 bridgehead atoms. The molecule has 1 aromatic carbocycles. The number of amides is 1. The number of pyridine rings is 1. The Morgan fingerprint density at radius 2 is 2.04 bits per heavy atom. The van der Waals surface area contributed by atoms with E-state index in [4.69, 9.17) is 0 Å². The van der Waals surface area contributed by atoms with E-state index in [0.717, 1.165) is 28.7 Å².